The summed E-state index contributed by atoms with van der Waals surface area (Å²) in [5.74, 6) is 0.00192. The molecule has 2 N–H and O–H groups in total. The van der Waals surface area contributed by atoms with Crippen molar-refractivity contribution in [2.45, 2.75) is 19.9 Å². The molecular formula is C26H31FN4O4. The van der Waals surface area contributed by atoms with Gasteiger partial charge in [0.15, 0.2) is 0 Å². The first-order valence-electron chi connectivity index (χ1n) is 11.9. The minimum atomic E-state index is -0.645. The van der Waals surface area contributed by atoms with Crippen LogP contribution in [0.3, 0.4) is 0 Å². The first-order chi connectivity index (χ1) is 17.0. The SMILES string of the molecule is CCOC(=O)C1=C(CN2CCN(c3ccccc3F)CC2)NC(=O)N[C@H]1c1ccc(OCC)cc1. The molecular weight excluding hydrogens is 451 g/mol. The molecule has 2 aromatic carbocycles. The summed E-state index contributed by atoms with van der Waals surface area (Å²) in [6.07, 6.45) is 0. The van der Waals surface area contributed by atoms with Crippen LogP contribution in [0, 0.1) is 5.82 Å². The number of nitrogens with one attached hydrogen (secondary N) is 2. The summed E-state index contributed by atoms with van der Waals surface area (Å²) in [5.41, 5.74) is 2.25. The molecule has 0 spiro atoms. The summed E-state index contributed by atoms with van der Waals surface area (Å²) in [4.78, 5) is 29.7. The average molecular weight is 483 g/mol. The Bertz CT molecular complexity index is 1080. The number of carbonyl (C=O) groups is 2. The fourth-order valence-corrected chi connectivity index (χ4v) is 4.44. The second-order valence-electron chi connectivity index (χ2n) is 8.36. The number of amides is 2. The van der Waals surface area contributed by atoms with E-state index in [1.807, 2.05) is 42.2 Å². The largest absolute Gasteiger partial charge is 0.494 e. The zero-order chi connectivity index (χ0) is 24.8. The molecule has 2 aliphatic heterocycles. The van der Waals surface area contributed by atoms with Crippen LogP contribution in [0.2, 0.25) is 0 Å². The molecule has 0 aromatic heterocycles. The van der Waals surface area contributed by atoms with E-state index >= 15 is 0 Å². The molecule has 1 fully saturated rings. The van der Waals surface area contributed by atoms with Crippen molar-refractivity contribution in [3.63, 3.8) is 0 Å². The third kappa shape index (κ3) is 5.74. The zero-order valence-electron chi connectivity index (χ0n) is 20.1. The Labute approximate surface area is 204 Å². The van der Waals surface area contributed by atoms with Crippen molar-refractivity contribution in [3.8, 4) is 5.75 Å². The highest BCUT2D eigenvalue weighted by molar-refractivity contribution is 5.95. The van der Waals surface area contributed by atoms with Gasteiger partial charge in [-0.2, -0.15) is 0 Å². The maximum absolute atomic E-state index is 14.2. The molecule has 1 saturated heterocycles. The van der Waals surface area contributed by atoms with Crippen molar-refractivity contribution in [2.24, 2.45) is 0 Å². The van der Waals surface area contributed by atoms with Gasteiger partial charge in [0.1, 0.15) is 11.6 Å². The van der Waals surface area contributed by atoms with Gasteiger partial charge in [0.25, 0.3) is 0 Å². The highest BCUT2D eigenvalue weighted by Gasteiger charge is 2.34. The number of para-hydroxylation sites is 1. The van der Waals surface area contributed by atoms with Crippen LogP contribution in [0.4, 0.5) is 14.9 Å². The number of halogens is 1. The van der Waals surface area contributed by atoms with E-state index in [9.17, 15) is 14.0 Å². The van der Waals surface area contributed by atoms with Crippen LogP contribution in [0.1, 0.15) is 25.5 Å². The number of hydrogen-bond donors (Lipinski definition) is 2. The number of ether oxygens (including phenoxy) is 2. The highest BCUT2D eigenvalue weighted by atomic mass is 19.1. The van der Waals surface area contributed by atoms with Crippen molar-refractivity contribution in [2.75, 3.05) is 50.8 Å². The molecule has 2 amide bonds. The van der Waals surface area contributed by atoms with Crippen molar-refractivity contribution < 1.29 is 23.5 Å². The molecule has 186 valence electrons. The van der Waals surface area contributed by atoms with E-state index in [-0.39, 0.29) is 18.5 Å². The summed E-state index contributed by atoms with van der Waals surface area (Å²) in [6.45, 7) is 7.39. The number of carbonyl (C=O) groups excluding carboxylic acids is 2. The molecule has 2 heterocycles. The molecule has 0 saturated carbocycles. The van der Waals surface area contributed by atoms with Crippen LogP contribution >= 0.6 is 0 Å². The number of piperazine rings is 1. The fraction of sp³-hybridized carbons (Fsp3) is 0.385. The second kappa shape index (κ2) is 11.2. The van der Waals surface area contributed by atoms with Crippen molar-refractivity contribution in [3.05, 3.63) is 71.2 Å². The minimum absolute atomic E-state index is 0.223. The zero-order valence-corrected chi connectivity index (χ0v) is 20.1. The second-order valence-corrected chi connectivity index (χ2v) is 8.36. The first-order valence-corrected chi connectivity index (χ1v) is 11.9. The Morgan fingerprint density at radius 1 is 1.03 bits per heavy atom. The van der Waals surface area contributed by atoms with Crippen LogP contribution in [-0.4, -0.2) is 62.8 Å². The van der Waals surface area contributed by atoms with E-state index in [1.54, 1.807) is 19.1 Å². The highest BCUT2D eigenvalue weighted by Crippen LogP contribution is 2.30. The van der Waals surface area contributed by atoms with E-state index in [1.165, 1.54) is 6.07 Å². The van der Waals surface area contributed by atoms with Gasteiger partial charge in [0.2, 0.25) is 0 Å². The van der Waals surface area contributed by atoms with E-state index in [0.717, 1.165) is 5.56 Å². The lowest BCUT2D eigenvalue weighted by molar-refractivity contribution is -0.139. The van der Waals surface area contributed by atoms with E-state index in [0.29, 0.717) is 62.0 Å². The van der Waals surface area contributed by atoms with Gasteiger partial charge in [-0.1, -0.05) is 24.3 Å². The summed E-state index contributed by atoms with van der Waals surface area (Å²) < 4.78 is 25.1. The van der Waals surface area contributed by atoms with Gasteiger partial charge in [-0.05, 0) is 43.7 Å². The Hall–Kier alpha value is -3.59. The Balaban J connectivity index is 1.55. The predicted octanol–water partition coefficient (Wildman–Crippen LogP) is 3.22. The van der Waals surface area contributed by atoms with Crippen molar-refractivity contribution in [1.29, 1.82) is 0 Å². The first kappa shape index (κ1) is 24.5. The summed E-state index contributed by atoms with van der Waals surface area (Å²) in [6, 6.07) is 13.0. The van der Waals surface area contributed by atoms with Gasteiger partial charge < -0.3 is 25.0 Å². The van der Waals surface area contributed by atoms with E-state index in [4.69, 9.17) is 9.47 Å². The van der Waals surface area contributed by atoms with Crippen molar-refractivity contribution >= 4 is 17.7 Å². The molecule has 4 rings (SSSR count). The van der Waals surface area contributed by atoms with Crippen LogP contribution < -0.4 is 20.3 Å². The lowest BCUT2D eigenvalue weighted by atomic mass is 9.94. The minimum Gasteiger partial charge on any atom is -0.494 e. The molecule has 2 aromatic rings. The lowest BCUT2D eigenvalue weighted by Crippen LogP contribution is -2.52. The molecule has 0 unspecified atom stereocenters. The number of rotatable bonds is 8. The van der Waals surface area contributed by atoms with Crippen molar-refractivity contribution in [1.82, 2.24) is 15.5 Å². The van der Waals surface area contributed by atoms with Gasteiger partial charge in [-0.25, -0.2) is 14.0 Å². The number of anilines is 1. The quantitative estimate of drug-likeness (QED) is 0.563. The predicted molar refractivity (Wildman–Crippen MR) is 131 cm³/mol. The van der Waals surface area contributed by atoms with Crippen LogP contribution in [0.25, 0.3) is 0 Å². The standard InChI is InChI=1S/C26H31FN4O4/c1-3-34-19-11-9-18(10-12-19)24-23(25(32)35-4-2)21(28-26(33)29-24)17-30-13-15-31(16-14-30)22-8-6-5-7-20(22)27/h5-12,24H,3-4,13-17H2,1-2H3,(H2,28,29,33)/t24-/m0/s1. The van der Waals surface area contributed by atoms with Gasteiger partial charge in [0, 0.05) is 38.4 Å². The number of hydrogen-bond acceptors (Lipinski definition) is 6. The third-order valence-electron chi connectivity index (χ3n) is 6.12. The number of nitrogens with zero attached hydrogens (tertiary/aromatic N) is 2. The van der Waals surface area contributed by atoms with E-state index < -0.39 is 12.0 Å². The molecule has 0 radical (unpaired) electrons. The van der Waals surface area contributed by atoms with Gasteiger partial charge >= 0.3 is 12.0 Å². The topological polar surface area (TPSA) is 83.1 Å². The molecule has 9 heteroatoms. The fourth-order valence-electron chi connectivity index (χ4n) is 4.44. The molecule has 0 aliphatic carbocycles. The molecule has 2 aliphatic rings. The third-order valence-corrected chi connectivity index (χ3v) is 6.12. The van der Waals surface area contributed by atoms with Crippen LogP contribution in [-0.2, 0) is 9.53 Å². The van der Waals surface area contributed by atoms with Crippen LogP contribution in [0.5, 0.6) is 5.75 Å². The Morgan fingerprint density at radius 2 is 1.74 bits per heavy atom. The van der Waals surface area contributed by atoms with E-state index in [2.05, 4.69) is 15.5 Å². The summed E-state index contributed by atoms with van der Waals surface area (Å²) in [5, 5.41) is 5.68. The number of esters is 1. The Morgan fingerprint density at radius 3 is 2.40 bits per heavy atom. The lowest BCUT2D eigenvalue weighted by Gasteiger charge is -2.38. The molecule has 0 bridgehead atoms. The number of urea groups is 1. The maximum atomic E-state index is 14.2. The maximum Gasteiger partial charge on any atom is 0.338 e. The van der Waals surface area contributed by atoms with Gasteiger partial charge in [-0.3, -0.25) is 4.90 Å². The Kier molecular flexibility index (Phi) is 7.87. The molecule has 1 atom stereocenters. The summed E-state index contributed by atoms with van der Waals surface area (Å²) in [7, 11) is 0. The summed E-state index contributed by atoms with van der Waals surface area (Å²) >= 11 is 0. The normalized spacial score (nSPS) is 18.7. The van der Waals surface area contributed by atoms with Crippen LogP contribution in [0.15, 0.2) is 59.8 Å². The number of benzene rings is 2. The van der Waals surface area contributed by atoms with Gasteiger partial charge in [0.05, 0.1) is 30.5 Å². The molecule has 35 heavy (non-hydrogen) atoms. The molecule has 8 nitrogen and oxygen atoms in total. The van der Waals surface area contributed by atoms with Gasteiger partial charge in [-0.15, -0.1) is 0 Å². The monoisotopic (exact) mass is 482 g/mol. The smallest absolute Gasteiger partial charge is 0.338 e. The average Bonchev–Trinajstić information content (AvgIpc) is 2.85.